The molecule has 3 rings (SSSR count). The van der Waals surface area contributed by atoms with Gasteiger partial charge in [0.25, 0.3) is 5.91 Å². The molecule has 6 nitrogen and oxygen atoms in total. The predicted octanol–water partition coefficient (Wildman–Crippen LogP) is 5.53. The third-order valence-corrected chi connectivity index (χ3v) is 6.95. The Labute approximate surface area is 201 Å². The molecule has 0 saturated carbocycles. The topological polar surface area (TPSA) is 48.9 Å². The normalized spacial score (nSPS) is 11.2. The fourth-order valence-corrected chi connectivity index (χ4v) is 4.91. The molecule has 0 radical (unpaired) electrons. The van der Waals surface area contributed by atoms with Crippen LogP contribution in [0, 0.1) is 0 Å². The first kappa shape index (κ1) is 25.0. The van der Waals surface area contributed by atoms with Gasteiger partial charge in [-0.1, -0.05) is 25.2 Å². The van der Waals surface area contributed by atoms with E-state index in [1.54, 1.807) is 0 Å². The number of benzene rings is 2. The number of carbonyl (C=O) groups excluding carboxylic acids is 1. The predicted molar refractivity (Wildman–Crippen MR) is 140 cm³/mol. The smallest absolute Gasteiger partial charge is 0.260 e. The summed E-state index contributed by atoms with van der Waals surface area (Å²) in [5, 5.41) is 0.726. The highest BCUT2D eigenvalue weighted by Crippen LogP contribution is 2.32. The van der Waals surface area contributed by atoms with Crippen molar-refractivity contribution in [2.24, 2.45) is 0 Å². The summed E-state index contributed by atoms with van der Waals surface area (Å²) in [7, 11) is 0. The number of hydrogen-bond donors (Lipinski definition) is 0. The Morgan fingerprint density at radius 1 is 0.909 bits per heavy atom. The number of aromatic nitrogens is 1. The van der Waals surface area contributed by atoms with Crippen LogP contribution in [0.5, 0.6) is 5.75 Å². The molecule has 0 aliphatic carbocycles. The van der Waals surface area contributed by atoms with Crippen LogP contribution in [-0.4, -0.2) is 61.7 Å². The zero-order valence-corrected chi connectivity index (χ0v) is 21.3. The Morgan fingerprint density at radius 3 is 2.21 bits per heavy atom. The molecule has 1 heterocycles. The van der Waals surface area contributed by atoms with E-state index >= 15 is 0 Å². The molecule has 0 unspecified atom stereocenters. The van der Waals surface area contributed by atoms with E-state index < -0.39 is 0 Å². The van der Waals surface area contributed by atoms with E-state index in [2.05, 4.69) is 37.5 Å². The Balaban J connectivity index is 1.92. The number of carbonyl (C=O) groups is 1. The zero-order chi connectivity index (χ0) is 23.8. The lowest BCUT2D eigenvalue weighted by molar-refractivity contribution is 0.0984. The highest BCUT2D eigenvalue weighted by molar-refractivity contribution is 7.22. The van der Waals surface area contributed by atoms with Crippen molar-refractivity contribution in [2.45, 2.75) is 34.6 Å². The van der Waals surface area contributed by atoms with Gasteiger partial charge in [-0.05, 0) is 76.3 Å². The largest absolute Gasteiger partial charge is 0.494 e. The summed E-state index contributed by atoms with van der Waals surface area (Å²) in [5.41, 5.74) is 2.70. The molecule has 1 amide bonds. The van der Waals surface area contributed by atoms with Crippen LogP contribution < -0.4 is 14.5 Å². The van der Waals surface area contributed by atoms with E-state index in [4.69, 9.17) is 9.72 Å². The zero-order valence-electron chi connectivity index (χ0n) is 20.5. The molecule has 0 aliphatic rings. The lowest BCUT2D eigenvalue weighted by Gasteiger charge is -2.25. The molecule has 0 aliphatic heterocycles. The minimum atomic E-state index is -0.0164. The first-order chi connectivity index (χ1) is 16.0. The molecule has 0 bridgehead atoms. The monoisotopic (exact) mass is 468 g/mol. The van der Waals surface area contributed by atoms with Crippen molar-refractivity contribution >= 4 is 38.3 Å². The third-order valence-electron chi connectivity index (χ3n) is 5.91. The Kier molecular flexibility index (Phi) is 9.09. The maximum absolute atomic E-state index is 13.6. The maximum atomic E-state index is 13.6. The average Bonchev–Trinajstić information content (AvgIpc) is 3.26. The fourth-order valence-electron chi connectivity index (χ4n) is 3.89. The minimum absolute atomic E-state index is 0.0164. The van der Waals surface area contributed by atoms with Crippen LogP contribution in [0.4, 0.5) is 10.8 Å². The third kappa shape index (κ3) is 6.03. The molecular weight excluding hydrogens is 432 g/mol. The molecule has 7 heteroatoms. The summed E-state index contributed by atoms with van der Waals surface area (Å²) in [6.45, 7) is 16.4. The van der Waals surface area contributed by atoms with Crippen LogP contribution >= 0.6 is 11.3 Å². The number of ether oxygens (including phenoxy) is 1. The Hall–Kier alpha value is -2.64. The number of amides is 1. The highest BCUT2D eigenvalue weighted by atomic mass is 32.1. The standard InChI is InChI=1S/C26H36N4O2S/c1-6-28(7-2)17-18-30(25(31)20-11-13-21(14-12-20)29(8-3)9-4)26-27-23-16-15-22(32-10-5)19-24(23)33-26/h11-16,19H,6-10,17-18H2,1-5H3. The molecular formula is C26H36N4O2S. The van der Waals surface area contributed by atoms with Crippen LogP contribution in [0.1, 0.15) is 45.0 Å². The van der Waals surface area contributed by atoms with Crippen molar-refractivity contribution in [3.8, 4) is 5.75 Å². The Bertz CT molecular complexity index is 1030. The van der Waals surface area contributed by atoms with Crippen LogP contribution in [0.3, 0.4) is 0 Å². The van der Waals surface area contributed by atoms with Gasteiger partial charge in [-0.2, -0.15) is 0 Å². The van der Waals surface area contributed by atoms with Gasteiger partial charge in [0.05, 0.1) is 16.8 Å². The van der Waals surface area contributed by atoms with Crippen LogP contribution in [0.25, 0.3) is 10.2 Å². The van der Waals surface area contributed by atoms with Crippen molar-refractivity contribution in [2.75, 3.05) is 55.7 Å². The van der Waals surface area contributed by atoms with Gasteiger partial charge in [0.15, 0.2) is 5.13 Å². The number of thiazole rings is 1. The van der Waals surface area contributed by atoms with Crippen molar-refractivity contribution in [1.29, 1.82) is 0 Å². The molecule has 0 saturated heterocycles. The minimum Gasteiger partial charge on any atom is -0.494 e. The molecule has 0 fully saturated rings. The second kappa shape index (κ2) is 12.0. The van der Waals surface area contributed by atoms with Crippen LogP contribution in [0.15, 0.2) is 42.5 Å². The van der Waals surface area contributed by atoms with Crippen molar-refractivity contribution in [3.63, 3.8) is 0 Å². The molecule has 2 aromatic carbocycles. The second-order valence-corrected chi connectivity index (χ2v) is 8.77. The van der Waals surface area contributed by atoms with E-state index in [-0.39, 0.29) is 5.91 Å². The van der Waals surface area contributed by atoms with Gasteiger partial charge in [0.1, 0.15) is 5.75 Å². The molecule has 0 N–H and O–H groups in total. The summed E-state index contributed by atoms with van der Waals surface area (Å²) in [4.78, 5) is 24.9. The summed E-state index contributed by atoms with van der Waals surface area (Å²) < 4.78 is 6.67. The lowest BCUT2D eigenvalue weighted by atomic mass is 10.1. The molecule has 33 heavy (non-hydrogen) atoms. The van der Waals surface area contributed by atoms with E-state index in [1.165, 1.54) is 11.3 Å². The molecule has 0 atom stereocenters. The first-order valence-corrected chi connectivity index (χ1v) is 12.8. The number of rotatable bonds is 12. The van der Waals surface area contributed by atoms with E-state index in [9.17, 15) is 4.79 Å². The second-order valence-electron chi connectivity index (χ2n) is 7.76. The highest BCUT2D eigenvalue weighted by Gasteiger charge is 2.22. The van der Waals surface area contributed by atoms with Gasteiger partial charge in [-0.25, -0.2) is 4.98 Å². The Morgan fingerprint density at radius 2 is 1.61 bits per heavy atom. The quantitative estimate of drug-likeness (QED) is 0.350. The average molecular weight is 469 g/mol. The fraction of sp³-hybridized carbons (Fsp3) is 0.462. The molecule has 3 aromatic rings. The van der Waals surface area contributed by atoms with Gasteiger partial charge in [0.2, 0.25) is 0 Å². The van der Waals surface area contributed by atoms with E-state index in [1.807, 2.05) is 54.3 Å². The van der Waals surface area contributed by atoms with Crippen molar-refractivity contribution in [3.05, 3.63) is 48.0 Å². The van der Waals surface area contributed by atoms with E-state index in [0.29, 0.717) is 18.7 Å². The molecule has 178 valence electrons. The summed E-state index contributed by atoms with van der Waals surface area (Å²) in [6, 6.07) is 13.8. The molecule has 0 spiro atoms. The lowest BCUT2D eigenvalue weighted by Crippen LogP contribution is -2.38. The van der Waals surface area contributed by atoms with Gasteiger partial charge in [-0.15, -0.1) is 0 Å². The number of likely N-dealkylation sites (N-methyl/N-ethyl adjacent to an activating group) is 1. The number of anilines is 2. The number of nitrogens with zero attached hydrogens (tertiary/aromatic N) is 4. The van der Waals surface area contributed by atoms with Gasteiger partial charge < -0.3 is 14.5 Å². The summed E-state index contributed by atoms with van der Waals surface area (Å²) in [6.07, 6.45) is 0. The maximum Gasteiger partial charge on any atom is 0.260 e. The summed E-state index contributed by atoms with van der Waals surface area (Å²) >= 11 is 1.54. The first-order valence-electron chi connectivity index (χ1n) is 12.0. The SMILES string of the molecule is CCOc1ccc2nc(N(CCN(CC)CC)C(=O)c3ccc(N(CC)CC)cc3)sc2c1. The number of fused-ring (bicyclic) bond motifs is 1. The number of hydrogen-bond acceptors (Lipinski definition) is 6. The van der Waals surface area contributed by atoms with Crippen molar-refractivity contribution < 1.29 is 9.53 Å². The molecule has 1 aromatic heterocycles. The van der Waals surface area contributed by atoms with Gasteiger partial charge in [0, 0.05) is 37.4 Å². The van der Waals surface area contributed by atoms with E-state index in [0.717, 1.165) is 59.5 Å². The van der Waals surface area contributed by atoms with Gasteiger partial charge in [-0.3, -0.25) is 9.69 Å². The van der Waals surface area contributed by atoms with Crippen molar-refractivity contribution in [1.82, 2.24) is 9.88 Å². The van der Waals surface area contributed by atoms with Crippen LogP contribution in [-0.2, 0) is 0 Å². The summed E-state index contributed by atoms with van der Waals surface area (Å²) in [5.74, 6) is 0.811. The van der Waals surface area contributed by atoms with Gasteiger partial charge >= 0.3 is 0 Å². The van der Waals surface area contributed by atoms with Crippen LogP contribution in [0.2, 0.25) is 0 Å².